The van der Waals surface area contributed by atoms with Crippen LogP contribution in [0.15, 0.2) is 6.33 Å². The smallest absolute Gasteiger partial charge is 0.227 e. The predicted octanol–water partition coefficient (Wildman–Crippen LogP) is 5.91. The third kappa shape index (κ3) is 7.66. The Kier molecular flexibility index (Phi) is 14.9. The van der Waals surface area contributed by atoms with Gasteiger partial charge >= 0.3 is 0 Å². The molecule has 2 fully saturated rings. The Hall–Kier alpha value is -0.730. The predicted molar refractivity (Wildman–Crippen MR) is 144 cm³/mol. The van der Waals surface area contributed by atoms with Gasteiger partial charge in [-0.2, -0.15) is 9.97 Å². The fourth-order valence-electron chi connectivity index (χ4n) is 4.58. The Morgan fingerprint density at radius 1 is 0.969 bits per heavy atom. The highest BCUT2D eigenvalue weighted by Crippen LogP contribution is 2.33. The van der Waals surface area contributed by atoms with Crippen LogP contribution in [-0.4, -0.2) is 38.1 Å². The lowest BCUT2D eigenvalue weighted by Gasteiger charge is -2.27. The molecule has 186 valence electrons. The standard InChI is InChI=1S/C21H35N7.4ClH/c1-2-3-6-13-23-19-18-20(28(14-24-18)17-7-4-5-8-17)27-21(26-19)25-16-11-9-15(22)10-12-16;;;;/h14-17H,2-13,22H2,1H3,(H2,23,25,26,27);4*1H. The van der Waals surface area contributed by atoms with Crippen molar-refractivity contribution in [2.75, 3.05) is 17.2 Å². The molecule has 7 nitrogen and oxygen atoms in total. The molecule has 0 aliphatic heterocycles. The van der Waals surface area contributed by atoms with Gasteiger partial charge in [0.05, 0.1) is 6.33 Å². The highest BCUT2D eigenvalue weighted by atomic mass is 35.5. The number of aromatic nitrogens is 4. The number of rotatable bonds is 8. The fraction of sp³-hybridized carbons (Fsp3) is 0.762. The normalized spacial score (nSPS) is 20.4. The molecule has 2 aliphatic rings. The molecule has 0 bridgehead atoms. The second kappa shape index (κ2) is 15.2. The number of nitrogens with one attached hydrogen (secondary N) is 2. The highest BCUT2D eigenvalue weighted by molar-refractivity contribution is 5.86. The van der Waals surface area contributed by atoms with Crippen LogP contribution < -0.4 is 16.4 Å². The molecular formula is C21H39Cl4N7. The number of anilines is 2. The first kappa shape index (κ1) is 31.3. The number of nitrogens with two attached hydrogens (primary N) is 1. The molecule has 0 unspecified atom stereocenters. The number of imidazole rings is 1. The van der Waals surface area contributed by atoms with Gasteiger partial charge < -0.3 is 20.9 Å². The molecule has 0 radical (unpaired) electrons. The quantitative estimate of drug-likeness (QED) is 0.367. The van der Waals surface area contributed by atoms with E-state index in [0.29, 0.717) is 18.1 Å². The van der Waals surface area contributed by atoms with Crippen LogP contribution in [0.4, 0.5) is 11.8 Å². The van der Waals surface area contributed by atoms with Crippen LogP contribution >= 0.6 is 49.6 Å². The van der Waals surface area contributed by atoms with E-state index in [1.807, 2.05) is 6.33 Å². The van der Waals surface area contributed by atoms with Gasteiger partial charge in [0, 0.05) is 24.7 Å². The van der Waals surface area contributed by atoms with Crippen molar-refractivity contribution < 1.29 is 0 Å². The molecule has 0 spiro atoms. The molecule has 0 atom stereocenters. The molecule has 0 saturated heterocycles. The minimum Gasteiger partial charge on any atom is -0.368 e. The lowest BCUT2D eigenvalue weighted by molar-refractivity contribution is 0.410. The number of fused-ring (bicyclic) bond motifs is 1. The summed E-state index contributed by atoms with van der Waals surface area (Å²) in [7, 11) is 0. The van der Waals surface area contributed by atoms with Crippen molar-refractivity contribution in [3.63, 3.8) is 0 Å². The second-order valence-corrected chi connectivity index (χ2v) is 8.55. The van der Waals surface area contributed by atoms with E-state index in [-0.39, 0.29) is 49.6 Å². The SMILES string of the molecule is CCCCCNc1nc(NC2CCC(N)CC2)nc2c1ncn2C1CCCC1.Cl.Cl.Cl.Cl. The van der Waals surface area contributed by atoms with E-state index in [1.165, 1.54) is 38.5 Å². The molecule has 0 aromatic carbocycles. The Bertz CT molecular complexity index is 775. The highest BCUT2D eigenvalue weighted by Gasteiger charge is 2.23. The van der Waals surface area contributed by atoms with Gasteiger partial charge in [-0.25, -0.2) is 4.98 Å². The first-order chi connectivity index (χ1) is 13.7. The minimum absolute atomic E-state index is 0. The molecular weight excluding hydrogens is 492 g/mol. The summed E-state index contributed by atoms with van der Waals surface area (Å²) in [6.07, 6.45) is 14.9. The maximum Gasteiger partial charge on any atom is 0.227 e. The molecule has 4 N–H and O–H groups in total. The van der Waals surface area contributed by atoms with Gasteiger partial charge in [-0.05, 0) is 44.9 Å². The lowest BCUT2D eigenvalue weighted by atomic mass is 9.92. The average molecular weight is 531 g/mol. The van der Waals surface area contributed by atoms with Crippen LogP contribution in [-0.2, 0) is 0 Å². The number of nitrogens with zero attached hydrogens (tertiary/aromatic N) is 4. The van der Waals surface area contributed by atoms with Gasteiger partial charge in [0.25, 0.3) is 0 Å². The summed E-state index contributed by atoms with van der Waals surface area (Å²) in [6.45, 7) is 3.15. The van der Waals surface area contributed by atoms with Crippen molar-refractivity contribution >= 4 is 72.6 Å². The molecule has 2 aromatic rings. The van der Waals surface area contributed by atoms with Gasteiger partial charge in [-0.15, -0.1) is 49.6 Å². The largest absolute Gasteiger partial charge is 0.368 e. The van der Waals surface area contributed by atoms with Gasteiger partial charge in [-0.3, -0.25) is 0 Å². The van der Waals surface area contributed by atoms with Crippen molar-refractivity contribution in [2.24, 2.45) is 5.73 Å². The van der Waals surface area contributed by atoms with Gasteiger partial charge in [-0.1, -0.05) is 32.6 Å². The summed E-state index contributed by atoms with van der Waals surface area (Å²) in [5.41, 5.74) is 7.93. The van der Waals surface area contributed by atoms with Crippen LogP contribution in [0, 0.1) is 0 Å². The van der Waals surface area contributed by atoms with Crippen molar-refractivity contribution in [3.8, 4) is 0 Å². The molecule has 4 rings (SSSR count). The van der Waals surface area contributed by atoms with Gasteiger partial charge in [0.15, 0.2) is 17.0 Å². The topological polar surface area (TPSA) is 93.7 Å². The fourth-order valence-corrected chi connectivity index (χ4v) is 4.58. The zero-order valence-corrected chi connectivity index (χ0v) is 22.1. The lowest BCUT2D eigenvalue weighted by Crippen LogP contribution is -2.33. The summed E-state index contributed by atoms with van der Waals surface area (Å²) >= 11 is 0. The van der Waals surface area contributed by atoms with Crippen molar-refractivity contribution in [2.45, 2.75) is 95.7 Å². The van der Waals surface area contributed by atoms with Crippen LogP contribution in [0.25, 0.3) is 11.2 Å². The zero-order chi connectivity index (χ0) is 19.3. The van der Waals surface area contributed by atoms with Gasteiger partial charge in [0.2, 0.25) is 5.95 Å². The summed E-state index contributed by atoms with van der Waals surface area (Å²) in [5, 5.41) is 7.11. The Morgan fingerprint density at radius 2 is 1.66 bits per heavy atom. The first-order valence-electron chi connectivity index (χ1n) is 11.2. The molecule has 2 aromatic heterocycles. The Morgan fingerprint density at radius 3 is 2.31 bits per heavy atom. The number of hydrogen-bond acceptors (Lipinski definition) is 6. The maximum absolute atomic E-state index is 6.06. The third-order valence-electron chi connectivity index (χ3n) is 6.32. The Labute approximate surface area is 216 Å². The van der Waals surface area contributed by atoms with E-state index in [0.717, 1.165) is 61.6 Å². The van der Waals surface area contributed by atoms with Crippen LogP contribution in [0.2, 0.25) is 0 Å². The average Bonchev–Trinajstić information content (AvgIpc) is 3.36. The van der Waals surface area contributed by atoms with Crippen LogP contribution in [0.5, 0.6) is 0 Å². The number of hydrogen-bond donors (Lipinski definition) is 3. The van der Waals surface area contributed by atoms with E-state index < -0.39 is 0 Å². The maximum atomic E-state index is 6.06. The van der Waals surface area contributed by atoms with Crippen molar-refractivity contribution in [1.82, 2.24) is 19.5 Å². The third-order valence-corrected chi connectivity index (χ3v) is 6.32. The molecule has 2 heterocycles. The zero-order valence-electron chi connectivity index (χ0n) is 18.8. The van der Waals surface area contributed by atoms with E-state index in [4.69, 9.17) is 20.7 Å². The van der Waals surface area contributed by atoms with E-state index in [2.05, 4.69) is 22.1 Å². The van der Waals surface area contributed by atoms with Crippen LogP contribution in [0.1, 0.15) is 83.6 Å². The number of unbranched alkanes of at least 4 members (excludes halogenated alkanes) is 2. The molecule has 0 amide bonds. The van der Waals surface area contributed by atoms with E-state index in [1.54, 1.807) is 0 Å². The summed E-state index contributed by atoms with van der Waals surface area (Å²) < 4.78 is 2.28. The first-order valence-corrected chi connectivity index (χ1v) is 11.2. The molecule has 2 aliphatic carbocycles. The van der Waals surface area contributed by atoms with Crippen LogP contribution in [0.3, 0.4) is 0 Å². The van der Waals surface area contributed by atoms with Crippen molar-refractivity contribution in [3.05, 3.63) is 6.33 Å². The summed E-state index contributed by atoms with van der Waals surface area (Å²) in [6, 6.07) is 1.28. The number of halogens is 4. The van der Waals surface area contributed by atoms with E-state index >= 15 is 0 Å². The molecule has 2 saturated carbocycles. The minimum atomic E-state index is 0. The monoisotopic (exact) mass is 529 g/mol. The Balaban J connectivity index is 0.00000240. The molecule has 32 heavy (non-hydrogen) atoms. The summed E-state index contributed by atoms with van der Waals surface area (Å²) in [4.78, 5) is 14.4. The van der Waals surface area contributed by atoms with Gasteiger partial charge in [0.1, 0.15) is 0 Å². The van der Waals surface area contributed by atoms with E-state index in [9.17, 15) is 0 Å². The molecule has 11 heteroatoms. The summed E-state index contributed by atoms with van der Waals surface area (Å²) in [5.74, 6) is 1.60. The second-order valence-electron chi connectivity index (χ2n) is 8.55. The van der Waals surface area contributed by atoms with Crippen molar-refractivity contribution in [1.29, 1.82) is 0 Å².